The summed E-state index contributed by atoms with van der Waals surface area (Å²) in [7, 11) is 1.50. The van der Waals surface area contributed by atoms with Crippen LogP contribution in [0.5, 0.6) is 0 Å². The summed E-state index contributed by atoms with van der Waals surface area (Å²) >= 11 is 0. The minimum atomic E-state index is -0.974. The van der Waals surface area contributed by atoms with Crippen molar-refractivity contribution in [2.75, 3.05) is 20.2 Å². The number of nitrogens with zero attached hydrogens (tertiary/aromatic N) is 2. The Morgan fingerprint density at radius 1 is 1.63 bits per heavy atom. The third-order valence-electron chi connectivity index (χ3n) is 3.16. The van der Waals surface area contributed by atoms with Crippen molar-refractivity contribution in [3.63, 3.8) is 0 Å². The van der Waals surface area contributed by atoms with Gasteiger partial charge < -0.3 is 25.0 Å². The number of aromatic amines is 1. The highest BCUT2D eigenvalue weighted by atomic mass is 16.5. The Kier molecular flexibility index (Phi) is 4.00. The molecule has 19 heavy (non-hydrogen) atoms. The molecule has 1 aliphatic rings. The number of hydrogen-bond donors (Lipinski definition) is 3. The van der Waals surface area contributed by atoms with Crippen molar-refractivity contribution in [2.45, 2.75) is 18.6 Å². The van der Waals surface area contributed by atoms with Crippen LogP contribution in [0.1, 0.15) is 17.0 Å². The number of nitrogens with one attached hydrogen (secondary N) is 2. The van der Waals surface area contributed by atoms with Crippen LogP contribution in [-0.2, 0) is 4.74 Å². The van der Waals surface area contributed by atoms with Crippen LogP contribution in [0.2, 0.25) is 0 Å². The predicted octanol–water partition coefficient (Wildman–Crippen LogP) is -0.0932. The van der Waals surface area contributed by atoms with Crippen LogP contribution < -0.4 is 5.32 Å². The first-order chi connectivity index (χ1) is 9.11. The van der Waals surface area contributed by atoms with Crippen molar-refractivity contribution in [1.29, 1.82) is 0 Å². The zero-order chi connectivity index (χ0) is 13.8. The van der Waals surface area contributed by atoms with Crippen LogP contribution in [0.3, 0.4) is 0 Å². The number of rotatable bonds is 3. The van der Waals surface area contributed by atoms with Gasteiger partial charge in [0.2, 0.25) is 0 Å². The molecule has 1 aromatic rings. The van der Waals surface area contributed by atoms with E-state index in [2.05, 4.69) is 15.3 Å². The molecule has 0 bridgehead atoms. The Balaban J connectivity index is 1.97. The second kappa shape index (κ2) is 5.70. The number of hydrogen-bond acceptors (Lipinski definition) is 4. The molecule has 0 spiro atoms. The van der Waals surface area contributed by atoms with Crippen LogP contribution in [-0.4, -0.2) is 64.3 Å². The lowest BCUT2D eigenvalue weighted by molar-refractivity contribution is 0.0100. The number of likely N-dealkylation sites (tertiary alicyclic amines) is 1. The van der Waals surface area contributed by atoms with Crippen LogP contribution in [0.4, 0.5) is 4.79 Å². The molecule has 0 aliphatic carbocycles. The Morgan fingerprint density at radius 2 is 2.42 bits per heavy atom. The molecule has 3 N–H and O–H groups in total. The number of imidazole rings is 1. The van der Waals surface area contributed by atoms with Crippen LogP contribution in [0.15, 0.2) is 12.4 Å². The average molecular weight is 268 g/mol. The summed E-state index contributed by atoms with van der Waals surface area (Å²) in [5, 5.41) is 11.7. The monoisotopic (exact) mass is 268 g/mol. The molecule has 2 amide bonds. The van der Waals surface area contributed by atoms with Gasteiger partial charge in [0.25, 0.3) is 5.91 Å². The smallest absolute Gasteiger partial charge is 0.407 e. The summed E-state index contributed by atoms with van der Waals surface area (Å²) in [6.07, 6.45) is 2.24. The molecule has 104 valence electrons. The van der Waals surface area contributed by atoms with Gasteiger partial charge in [-0.3, -0.25) is 4.79 Å². The first kappa shape index (κ1) is 13.3. The van der Waals surface area contributed by atoms with E-state index in [1.807, 2.05) is 0 Å². The standard InChI is InChI=1S/C11H16N4O4/c1-19-8-6-15(11(17)18)5-2-7(8)14-10(16)9-12-3-4-13-9/h3-4,7-8H,2,5-6H2,1H3,(H,12,13)(H,14,16)(H,17,18). The van der Waals surface area contributed by atoms with Gasteiger partial charge in [0.1, 0.15) is 0 Å². The summed E-state index contributed by atoms with van der Waals surface area (Å²) in [5.74, 6) is -0.0867. The number of H-pyrrole nitrogens is 1. The van der Waals surface area contributed by atoms with Crippen molar-refractivity contribution in [3.05, 3.63) is 18.2 Å². The molecule has 1 aliphatic heterocycles. The number of carboxylic acid groups (broad SMARTS) is 1. The largest absolute Gasteiger partial charge is 0.465 e. The van der Waals surface area contributed by atoms with Crippen LogP contribution >= 0.6 is 0 Å². The van der Waals surface area contributed by atoms with Crippen molar-refractivity contribution in [3.8, 4) is 0 Å². The molecule has 0 aromatic carbocycles. The Hall–Kier alpha value is -2.09. The SMILES string of the molecule is COC1CN(C(=O)O)CCC1NC(=O)c1ncc[nH]1. The first-order valence-corrected chi connectivity index (χ1v) is 5.92. The van der Waals surface area contributed by atoms with Crippen LogP contribution in [0.25, 0.3) is 0 Å². The second-order valence-electron chi connectivity index (χ2n) is 4.31. The summed E-state index contributed by atoms with van der Waals surface area (Å²) in [6, 6.07) is -0.224. The van der Waals surface area contributed by atoms with Gasteiger partial charge in [0, 0.05) is 26.0 Å². The molecule has 8 heteroatoms. The topological polar surface area (TPSA) is 108 Å². The van der Waals surface area contributed by atoms with E-state index in [0.29, 0.717) is 13.0 Å². The van der Waals surface area contributed by atoms with Gasteiger partial charge in [0.05, 0.1) is 18.7 Å². The van der Waals surface area contributed by atoms with Crippen molar-refractivity contribution in [1.82, 2.24) is 20.2 Å². The number of methoxy groups -OCH3 is 1. The second-order valence-corrected chi connectivity index (χ2v) is 4.31. The van der Waals surface area contributed by atoms with E-state index in [4.69, 9.17) is 9.84 Å². The molecule has 0 saturated carbocycles. The third kappa shape index (κ3) is 3.02. The lowest BCUT2D eigenvalue weighted by Crippen LogP contribution is -2.55. The minimum absolute atomic E-state index is 0.224. The van der Waals surface area contributed by atoms with E-state index in [1.54, 1.807) is 6.20 Å². The fourth-order valence-electron chi connectivity index (χ4n) is 2.12. The zero-order valence-electron chi connectivity index (χ0n) is 10.5. The lowest BCUT2D eigenvalue weighted by atomic mass is 10.0. The fraction of sp³-hybridized carbons (Fsp3) is 0.545. The van der Waals surface area contributed by atoms with E-state index in [9.17, 15) is 9.59 Å². The van der Waals surface area contributed by atoms with Gasteiger partial charge in [-0.2, -0.15) is 0 Å². The molecular formula is C11H16N4O4. The van der Waals surface area contributed by atoms with Gasteiger partial charge in [0.15, 0.2) is 5.82 Å². The summed E-state index contributed by atoms with van der Waals surface area (Å²) in [4.78, 5) is 30.6. The number of ether oxygens (including phenoxy) is 1. The molecule has 1 fully saturated rings. The third-order valence-corrected chi connectivity index (χ3v) is 3.16. The van der Waals surface area contributed by atoms with Crippen molar-refractivity contribution >= 4 is 12.0 Å². The van der Waals surface area contributed by atoms with Gasteiger partial charge in [-0.05, 0) is 6.42 Å². The Morgan fingerprint density at radius 3 is 3.00 bits per heavy atom. The highest BCUT2D eigenvalue weighted by Crippen LogP contribution is 2.14. The number of aromatic nitrogens is 2. The molecule has 2 rings (SSSR count). The Labute approximate surface area is 109 Å². The van der Waals surface area contributed by atoms with Crippen LogP contribution in [0, 0.1) is 0 Å². The quantitative estimate of drug-likeness (QED) is 0.710. The minimum Gasteiger partial charge on any atom is -0.465 e. The first-order valence-electron chi connectivity index (χ1n) is 5.92. The maximum atomic E-state index is 11.9. The van der Waals surface area contributed by atoms with Gasteiger partial charge in [-0.15, -0.1) is 0 Å². The molecule has 8 nitrogen and oxygen atoms in total. The number of carbonyl (C=O) groups excluding carboxylic acids is 1. The summed E-state index contributed by atoms with van der Waals surface area (Å²) < 4.78 is 5.25. The van der Waals surface area contributed by atoms with Gasteiger partial charge >= 0.3 is 6.09 Å². The number of carbonyl (C=O) groups is 2. The zero-order valence-corrected chi connectivity index (χ0v) is 10.5. The highest BCUT2D eigenvalue weighted by Gasteiger charge is 2.32. The molecule has 0 radical (unpaired) electrons. The summed E-state index contributed by atoms with van der Waals surface area (Å²) in [5.41, 5.74) is 0. The predicted molar refractivity (Wildman–Crippen MR) is 64.9 cm³/mol. The Bertz CT molecular complexity index is 448. The average Bonchev–Trinajstić information content (AvgIpc) is 2.92. The maximum absolute atomic E-state index is 11.9. The molecule has 2 unspecified atom stereocenters. The van der Waals surface area contributed by atoms with Crippen molar-refractivity contribution in [2.24, 2.45) is 0 Å². The molecule has 1 saturated heterocycles. The van der Waals surface area contributed by atoms with E-state index in [1.165, 1.54) is 18.2 Å². The van der Waals surface area contributed by atoms with E-state index >= 15 is 0 Å². The van der Waals surface area contributed by atoms with Gasteiger partial charge in [-0.1, -0.05) is 0 Å². The molecular weight excluding hydrogens is 252 g/mol. The highest BCUT2D eigenvalue weighted by molar-refractivity contribution is 5.90. The molecule has 2 atom stereocenters. The normalized spacial score (nSPS) is 23.1. The molecule has 2 heterocycles. The van der Waals surface area contributed by atoms with Gasteiger partial charge in [-0.25, -0.2) is 9.78 Å². The number of piperidine rings is 1. The fourth-order valence-corrected chi connectivity index (χ4v) is 2.12. The van der Waals surface area contributed by atoms with E-state index in [0.717, 1.165) is 0 Å². The van der Waals surface area contributed by atoms with E-state index < -0.39 is 6.09 Å². The van der Waals surface area contributed by atoms with Crippen molar-refractivity contribution < 1.29 is 19.4 Å². The summed E-state index contributed by atoms with van der Waals surface area (Å²) in [6.45, 7) is 0.618. The maximum Gasteiger partial charge on any atom is 0.407 e. The van der Waals surface area contributed by atoms with E-state index in [-0.39, 0.29) is 30.4 Å². The number of amides is 2. The lowest BCUT2D eigenvalue weighted by Gasteiger charge is -2.36. The molecule has 1 aromatic heterocycles.